The van der Waals surface area contributed by atoms with E-state index in [9.17, 15) is 15.3 Å². The van der Waals surface area contributed by atoms with Crippen LogP contribution in [0.15, 0.2) is 12.2 Å². The lowest BCUT2D eigenvalue weighted by Crippen LogP contribution is -2.52. The number of unbranched alkanes of at least 4 members (excludes halogenated alkanes) is 3. The normalized spacial score (nSPS) is 34.2. The van der Waals surface area contributed by atoms with Gasteiger partial charge in [0, 0.05) is 0 Å². The zero-order valence-corrected chi connectivity index (χ0v) is 9.84. The van der Waals surface area contributed by atoms with E-state index in [0.29, 0.717) is 0 Å². The Morgan fingerprint density at radius 2 is 1.75 bits per heavy atom. The highest BCUT2D eigenvalue weighted by atomic mass is 16.4. The summed E-state index contributed by atoms with van der Waals surface area (Å²) in [5.74, 6) is 0. The summed E-state index contributed by atoms with van der Waals surface area (Å²) in [6.45, 7) is 2.99. The monoisotopic (exact) mass is 229 g/mol. The van der Waals surface area contributed by atoms with Crippen LogP contribution in [0, 0.1) is 0 Å². The van der Waals surface area contributed by atoms with Gasteiger partial charge < -0.3 is 20.6 Å². The van der Waals surface area contributed by atoms with Crippen molar-refractivity contribution in [3.05, 3.63) is 12.2 Å². The van der Waals surface area contributed by atoms with E-state index >= 15 is 0 Å². The summed E-state index contributed by atoms with van der Waals surface area (Å²) in [5, 5.41) is 31.6. The van der Waals surface area contributed by atoms with E-state index in [1.54, 1.807) is 6.08 Å². The summed E-state index contributed by atoms with van der Waals surface area (Å²) in [6, 6.07) is -0.250. The number of aliphatic hydroxyl groups is 3. The number of nitrogens with one attached hydrogen (secondary N) is 1. The van der Waals surface area contributed by atoms with Crippen molar-refractivity contribution in [3.8, 4) is 0 Å². The summed E-state index contributed by atoms with van der Waals surface area (Å²) in [7, 11) is 0. The van der Waals surface area contributed by atoms with Crippen LogP contribution >= 0.6 is 0 Å². The van der Waals surface area contributed by atoms with Crippen molar-refractivity contribution in [3.63, 3.8) is 0 Å². The maximum Gasteiger partial charge on any atom is 0.111 e. The van der Waals surface area contributed by atoms with Crippen LogP contribution in [-0.4, -0.2) is 46.2 Å². The molecule has 0 saturated heterocycles. The molecule has 0 heterocycles. The van der Waals surface area contributed by atoms with Crippen molar-refractivity contribution in [2.24, 2.45) is 0 Å². The van der Waals surface area contributed by atoms with Crippen LogP contribution in [-0.2, 0) is 0 Å². The Labute approximate surface area is 97.0 Å². The number of hydrogen-bond donors (Lipinski definition) is 4. The van der Waals surface area contributed by atoms with Crippen LogP contribution in [0.4, 0.5) is 0 Å². The predicted molar refractivity (Wildman–Crippen MR) is 63.1 cm³/mol. The van der Waals surface area contributed by atoms with E-state index in [0.717, 1.165) is 13.0 Å². The zero-order chi connectivity index (χ0) is 12.0. The minimum atomic E-state index is -1.09. The lowest BCUT2D eigenvalue weighted by molar-refractivity contribution is -0.0564. The maximum absolute atomic E-state index is 9.69. The summed E-state index contributed by atoms with van der Waals surface area (Å²) in [4.78, 5) is 0. The molecule has 0 aromatic rings. The minimum Gasteiger partial charge on any atom is -0.388 e. The second-order valence-electron chi connectivity index (χ2n) is 4.40. The van der Waals surface area contributed by atoms with Gasteiger partial charge in [-0.05, 0) is 13.0 Å². The van der Waals surface area contributed by atoms with Crippen LogP contribution in [0.3, 0.4) is 0 Å². The summed E-state index contributed by atoms with van der Waals surface area (Å²) >= 11 is 0. The van der Waals surface area contributed by atoms with Gasteiger partial charge >= 0.3 is 0 Å². The molecule has 0 aromatic heterocycles. The third kappa shape index (κ3) is 3.87. The minimum absolute atomic E-state index is 0.250. The van der Waals surface area contributed by atoms with E-state index in [1.165, 1.54) is 25.3 Å². The first-order valence-electron chi connectivity index (χ1n) is 6.12. The topological polar surface area (TPSA) is 72.7 Å². The molecular formula is C12H23NO3. The molecule has 4 heteroatoms. The summed E-state index contributed by atoms with van der Waals surface area (Å²) < 4.78 is 0. The highest BCUT2D eigenvalue weighted by Gasteiger charge is 2.32. The van der Waals surface area contributed by atoms with Crippen molar-refractivity contribution >= 4 is 0 Å². The second kappa shape index (κ2) is 7.01. The van der Waals surface area contributed by atoms with Gasteiger partial charge in [-0.15, -0.1) is 0 Å². The van der Waals surface area contributed by atoms with Gasteiger partial charge in [0.15, 0.2) is 0 Å². The van der Waals surface area contributed by atoms with Crippen LogP contribution < -0.4 is 5.32 Å². The quantitative estimate of drug-likeness (QED) is 0.387. The van der Waals surface area contributed by atoms with E-state index in [1.807, 2.05) is 0 Å². The Kier molecular flexibility index (Phi) is 5.98. The molecule has 0 amide bonds. The van der Waals surface area contributed by atoms with E-state index in [4.69, 9.17) is 0 Å². The number of aliphatic hydroxyl groups excluding tert-OH is 3. The summed E-state index contributed by atoms with van der Waals surface area (Å²) in [5.41, 5.74) is 0. The van der Waals surface area contributed by atoms with Gasteiger partial charge in [0.05, 0.1) is 6.04 Å². The van der Waals surface area contributed by atoms with Crippen molar-refractivity contribution in [1.29, 1.82) is 0 Å². The van der Waals surface area contributed by atoms with E-state index in [2.05, 4.69) is 12.2 Å². The molecule has 0 saturated carbocycles. The van der Waals surface area contributed by atoms with E-state index < -0.39 is 18.3 Å². The molecule has 1 aliphatic rings. The Hall–Kier alpha value is -0.420. The van der Waals surface area contributed by atoms with Crippen LogP contribution in [0.25, 0.3) is 0 Å². The molecule has 4 N–H and O–H groups in total. The molecule has 0 aromatic carbocycles. The Bertz CT molecular complexity index is 220. The largest absolute Gasteiger partial charge is 0.388 e. The lowest BCUT2D eigenvalue weighted by atomic mass is 9.94. The van der Waals surface area contributed by atoms with Gasteiger partial charge in [-0.1, -0.05) is 38.3 Å². The molecule has 1 rings (SSSR count). The van der Waals surface area contributed by atoms with Gasteiger partial charge in [0.1, 0.15) is 18.3 Å². The van der Waals surface area contributed by atoms with Gasteiger partial charge in [-0.25, -0.2) is 0 Å². The molecule has 0 fully saturated rings. The Balaban J connectivity index is 2.24. The fraction of sp³-hybridized carbons (Fsp3) is 0.833. The summed E-state index contributed by atoms with van der Waals surface area (Å²) in [6.07, 6.45) is 4.98. The molecule has 4 nitrogen and oxygen atoms in total. The van der Waals surface area contributed by atoms with Gasteiger partial charge in [-0.2, -0.15) is 0 Å². The fourth-order valence-electron chi connectivity index (χ4n) is 1.88. The van der Waals surface area contributed by atoms with Crippen molar-refractivity contribution in [1.82, 2.24) is 5.32 Å². The SMILES string of the molecule is CCCCCCN[C@@H]1C=C[C@H](O)[C@H](O)[C@H]1O. The van der Waals surface area contributed by atoms with Crippen LogP contribution in [0.1, 0.15) is 32.6 Å². The highest BCUT2D eigenvalue weighted by Crippen LogP contribution is 2.13. The van der Waals surface area contributed by atoms with Gasteiger partial charge in [-0.3, -0.25) is 0 Å². The average molecular weight is 229 g/mol. The third-order valence-corrected chi connectivity index (χ3v) is 2.99. The van der Waals surface area contributed by atoms with Crippen molar-refractivity contribution in [2.45, 2.75) is 57.0 Å². The lowest BCUT2D eigenvalue weighted by Gasteiger charge is -2.31. The molecule has 94 valence electrons. The van der Waals surface area contributed by atoms with Crippen LogP contribution in [0.5, 0.6) is 0 Å². The molecule has 16 heavy (non-hydrogen) atoms. The smallest absolute Gasteiger partial charge is 0.111 e. The molecule has 0 unspecified atom stereocenters. The average Bonchev–Trinajstić information content (AvgIpc) is 2.28. The molecule has 4 atom stereocenters. The first-order valence-corrected chi connectivity index (χ1v) is 6.12. The number of rotatable bonds is 6. The zero-order valence-electron chi connectivity index (χ0n) is 9.84. The predicted octanol–water partition coefficient (Wildman–Crippen LogP) is 0.177. The first-order chi connectivity index (χ1) is 7.66. The van der Waals surface area contributed by atoms with Gasteiger partial charge in [0.2, 0.25) is 0 Å². The van der Waals surface area contributed by atoms with E-state index in [-0.39, 0.29) is 6.04 Å². The van der Waals surface area contributed by atoms with Crippen molar-refractivity contribution < 1.29 is 15.3 Å². The third-order valence-electron chi connectivity index (χ3n) is 2.99. The standard InChI is InChI=1S/C12H23NO3/c1-2-3-4-5-8-13-9-6-7-10(14)12(16)11(9)15/h6-7,9-16H,2-5,8H2,1H3/t9-,10+,11+,12+/m1/s1. The van der Waals surface area contributed by atoms with Crippen molar-refractivity contribution in [2.75, 3.05) is 6.54 Å². The van der Waals surface area contributed by atoms with Gasteiger partial charge in [0.25, 0.3) is 0 Å². The Morgan fingerprint density at radius 3 is 2.44 bits per heavy atom. The molecule has 0 spiro atoms. The molecule has 1 aliphatic carbocycles. The molecular weight excluding hydrogens is 206 g/mol. The Morgan fingerprint density at radius 1 is 1.00 bits per heavy atom. The maximum atomic E-state index is 9.69. The molecule has 0 bridgehead atoms. The highest BCUT2D eigenvalue weighted by molar-refractivity contribution is 5.10. The number of hydrogen-bond acceptors (Lipinski definition) is 4. The first kappa shape index (κ1) is 13.6. The van der Waals surface area contributed by atoms with Crippen LogP contribution in [0.2, 0.25) is 0 Å². The second-order valence-corrected chi connectivity index (χ2v) is 4.40. The molecule has 0 aliphatic heterocycles. The molecule has 0 radical (unpaired) electrons. The fourth-order valence-corrected chi connectivity index (χ4v) is 1.88.